The summed E-state index contributed by atoms with van der Waals surface area (Å²) in [6.45, 7) is 0. The van der Waals surface area contributed by atoms with Gasteiger partial charge in [0.1, 0.15) is 0 Å². The maximum Gasteiger partial charge on any atom is 0.511 e. The van der Waals surface area contributed by atoms with Gasteiger partial charge in [-0.05, 0) is 22.3 Å². The van der Waals surface area contributed by atoms with Crippen molar-refractivity contribution in [2.45, 2.75) is 29.5 Å². The normalized spacial score (nSPS) is 27.7. The van der Waals surface area contributed by atoms with Gasteiger partial charge < -0.3 is 5.11 Å². The summed E-state index contributed by atoms with van der Waals surface area (Å²) in [7, 11) is -5.57. The summed E-state index contributed by atoms with van der Waals surface area (Å²) < 4.78 is 63.4. The van der Waals surface area contributed by atoms with E-state index in [0.717, 1.165) is 22.3 Å². The molecule has 25 heavy (non-hydrogen) atoms. The van der Waals surface area contributed by atoms with E-state index in [9.17, 15) is 26.7 Å². The van der Waals surface area contributed by atoms with Crippen LogP contribution in [-0.4, -0.2) is 31.2 Å². The molecule has 0 aromatic heterocycles. The Morgan fingerprint density at radius 3 is 1.64 bits per heavy atom. The summed E-state index contributed by atoms with van der Waals surface area (Å²) in [5, 5.41) is 10.7. The Kier molecular flexibility index (Phi) is 3.51. The number of fused-ring (bicyclic) bond motifs is 1. The Morgan fingerprint density at radius 2 is 1.24 bits per heavy atom. The van der Waals surface area contributed by atoms with Gasteiger partial charge in [0.25, 0.3) is 0 Å². The second kappa shape index (κ2) is 5.30. The van der Waals surface area contributed by atoms with Gasteiger partial charge in [0.2, 0.25) is 0 Å². The van der Waals surface area contributed by atoms with E-state index in [1.165, 1.54) is 0 Å². The van der Waals surface area contributed by atoms with Crippen LogP contribution >= 0.6 is 0 Å². The fourth-order valence-corrected chi connectivity index (χ4v) is 4.80. The van der Waals surface area contributed by atoms with E-state index in [2.05, 4.69) is 0 Å². The minimum absolute atomic E-state index is 0.571. The minimum atomic E-state index is -5.57. The highest BCUT2D eigenvalue weighted by molar-refractivity contribution is 7.90. The highest BCUT2D eigenvalue weighted by Gasteiger charge is 2.54. The Labute approximate surface area is 142 Å². The average molecular weight is 369 g/mol. The largest absolute Gasteiger partial charge is 0.511 e. The smallest absolute Gasteiger partial charge is 0.390 e. The van der Waals surface area contributed by atoms with Crippen molar-refractivity contribution >= 4 is 10.0 Å². The van der Waals surface area contributed by atoms with Crippen LogP contribution in [0.2, 0.25) is 0 Å². The van der Waals surface area contributed by atoms with Crippen LogP contribution in [-0.2, 0) is 10.0 Å². The van der Waals surface area contributed by atoms with Gasteiger partial charge >= 0.3 is 15.5 Å². The van der Waals surface area contributed by atoms with Crippen molar-refractivity contribution in [2.24, 2.45) is 0 Å². The van der Waals surface area contributed by atoms with Crippen LogP contribution in [0.5, 0.6) is 0 Å². The topological polar surface area (TPSA) is 66.4 Å². The third kappa shape index (κ3) is 2.32. The van der Waals surface area contributed by atoms with E-state index >= 15 is 0 Å². The Morgan fingerprint density at radius 1 is 0.840 bits per heavy atom. The Bertz CT molecular complexity index is 895. The van der Waals surface area contributed by atoms with Crippen molar-refractivity contribution < 1.29 is 26.7 Å². The highest BCUT2D eigenvalue weighted by atomic mass is 32.2. The third-order valence-corrected chi connectivity index (χ3v) is 6.19. The molecule has 3 aliphatic carbocycles. The molecular weight excluding hydrogens is 355 g/mol. The molecule has 2 aromatic carbocycles. The number of aliphatic hydroxyl groups excluding tert-OH is 1. The van der Waals surface area contributed by atoms with Gasteiger partial charge in [-0.3, -0.25) is 0 Å². The lowest BCUT2D eigenvalue weighted by atomic mass is 9.60. The first-order valence-corrected chi connectivity index (χ1v) is 9.15. The lowest BCUT2D eigenvalue weighted by molar-refractivity contribution is -0.0459. The molecule has 0 heterocycles. The second-order valence-electron chi connectivity index (χ2n) is 6.30. The van der Waals surface area contributed by atoms with Crippen molar-refractivity contribution in [2.75, 3.05) is 0 Å². The van der Waals surface area contributed by atoms with Crippen LogP contribution in [0.25, 0.3) is 0 Å². The summed E-state index contributed by atoms with van der Waals surface area (Å²) in [5.74, 6) is -1.25. The molecule has 5 rings (SSSR count). The molecule has 132 valence electrons. The molecule has 0 aliphatic heterocycles. The predicted molar refractivity (Wildman–Crippen MR) is 84.5 cm³/mol. The van der Waals surface area contributed by atoms with E-state index in [4.69, 9.17) is 0 Å². The lowest BCUT2D eigenvalue weighted by Crippen LogP contribution is -2.57. The number of benzene rings is 2. The Balaban J connectivity index is 1.88. The lowest BCUT2D eigenvalue weighted by Gasteiger charge is -2.48. The van der Waals surface area contributed by atoms with E-state index in [0.29, 0.717) is 0 Å². The molecule has 0 unspecified atom stereocenters. The first kappa shape index (κ1) is 16.6. The molecule has 2 bridgehead atoms. The van der Waals surface area contributed by atoms with Crippen LogP contribution in [0, 0.1) is 0 Å². The quantitative estimate of drug-likeness (QED) is 0.855. The first-order valence-electron chi connectivity index (χ1n) is 7.66. The summed E-state index contributed by atoms with van der Waals surface area (Å²) >= 11 is 0. The van der Waals surface area contributed by atoms with Crippen molar-refractivity contribution in [1.82, 2.24) is 4.72 Å². The standard InChI is InChI=1S/C17H14F3NO3S/c18-17(19,20)25(23,24)21-15-13-9-5-1-3-7-11(9)14(16(15)22)12-8-4-2-6-10(12)13/h1-8,13-16,21-22H/t13?,14?,15-,16+/m1/s1. The molecule has 0 spiro atoms. The van der Waals surface area contributed by atoms with Gasteiger partial charge in [0, 0.05) is 11.8 Å². The molecule has 0 saturated heterocycles. The second-order valence-corrected chi connectivity index (χ2v) is 8.00. The van der Waals surface area contributed by atoms with Gasteiger partial charge in [-0.15, -0.1) is 0 Å². The van der Waals surface area contributed by atoms with Crippen LogP contribution in [0.4, 0.5) is 13.2 Å². The SMILES string of the molecule is O=S(=O)(N[C@@H]1C2c3ccccc3C(c3ccccc32)[C@@H]1O)C(F)(F)F. The van der Waals surface area contributed by atoms with Crippen LogP contribution in [0.1, 0.15) is 34.1 Å². The molecule has 4 nitrogen and oxygen atoms in total. The Hall–Kier alpha value is -1.90. The molecule has 2 atom stereocenters. The molecule has 2 N–H and O–H groups in total. The van der Waals surface area contributed by atoms with E-state index < -0.39 is 39.5 Å². The fourth-order valence-electron chi connectivity index (χ4n) is 4.03. The van der Waals surface area contributed by atoms with Crippen molar-refractivity contribution in [3.8, 4) is 0 Å². The number of hydrogen-bond acceptors (Lipinski definition) is 3. The molecular formula is C17H14F3NO3S. The van der Waals surface area contributed by atoms with E-state index in [1.807, 2.05) is 12.1 Å². The predicted octanol–water partition coefficient (Wildman–Crippen LogP) is 2.45. The average Bonchev–Trinajstić information content (AvgIpc) is 2.55. The number of hydrogen-bond donors (Lipinski definition) is 2. The number of alkyl halides is 3. The number of aliphatic hydroxyl groups is 1. The molecule has 8 heteroatoms. The van der Waals surface area contributed by atoms with Crippen LogP contribution in [0.15, 0.2) is 48.5 Å². The molecule has 3 aliphatic rings. The van der Waals surface area contributed by atoms with E-state index in [1.54, 1.807) is 41.1 Å². The summed E-state index contributed by atoms with van der Waals surface area (Å²) in [4.78, 5) is 0. The highest BCUT2D eigenvalue weighted by Crippen LogP contribution is 2.53. The van der Waals surface area contributed by atoms with Crippen molar-refractivity contribution in [3.63, 3.8) is 0 Å². The zero-order valence-corrected chi connectivity index (χ0v) is 13.6. The van der Waals surface area contributed by atoms with Crippen LogP contribution < -0.4 is 4.72 Å². The maximum absolute atomic E-state index is 12.8. The van der Waals surface area contributed by atoms with Crippen LogP contribution in [0.3, 0.4) is 0 Å². The molecule has 0 radical (unpaired) electrons. The number of rotatable bonds is 2. The summed E-state index contributed by atoms with van der Waals surface area (Å²) in [6, 6.07) is 13.0. The molecule has 0 saturated carbocycles. The van der Waals surface area contributed by atoms with Gasteiger partial charge in [0.05, 0.1) is 12.1 Å². The van der Waals surface area contributed by atoms with Gasteiger partial charge in [-0.25, -0.2) is 13.1 Å². The number of nitrogens with one attached hydrogen (secondary N) is 1. The van der Waals surface area contributed by atoms with E-state index in [-0.39, 0.29) is 0 Å². The summed E-state index contributed by atoms with van der Waals surface area (Å²) in [5.41, 5.74) is -2.30. The zero-order chi connectivity index (χ0) is 18.0. The van der Waals surface area contributed by atoms with Crippen molar-refractivity contribution in [1.29, 1.82) is 0 Å². The summed E-state index contributed by atoms with van der Waals surface area (Å²) in [6.07, 6.45) is -1.29. The van der Waals surface area contributed by atoms with Crippen molar-refractivity contribution in [3.05, 3.63) is 70.8 Å². The minimum Gasteiger partial charge on any atom is -0.390 e. The number of halogens is 3. The van der Waals surface area contributed by atoms with Gasteiger partial charge in [-0.2, -0.15) is 13.2 Å². The molecule has 0 amide bonds. The first-order chi connectivity index (χ1) is 11.7. The van der Waals surface area contributed by atoms with Gasteiger partial charge in [0.15, 0.2) is 0 Å². The number of sulfonamides is 1. The zero-order valence-electron chi connectivity index (χ0n) is 12.7. The third-order valence-electron chi connectivity index (χ3n) is 5.00. The monoisotopic (exact) mass is 369 g/mol. The molecule has 0 fully saturated rings. The maximum atomic E-state index is 12.8. The van der Waals surface area contributed by atoms with Gasteiger partial charge in [-0.1, -0.05) is 48.5 Å². The molecule has 2 aromatic rings. The fraction of sp³-hybridized carbons (Fsp3) is 0.294.